The van der Waals surface area contributed by atoms with Gasteiger partial charge in [-0.25, -0.2) is 4.98 Å². The summed E-state index contributed by atoms with van der Waals surface area (Å²) in [6, 6.07) is 10.6. The molecule has 0 bridgehead atoms. The molecule has 1 fully saturated rings. The highest BCUT2D eigenvalue weighted by Crippen LogP contribution is 2.29. The average molecular weight is 479 g/mol. The second kappa shape index (κ2) is 11.7. The predicted octanol–water partition coefficient (Wildman–Crippen LogP) is 4.77. The number of carbonyl (C=O) groups excluding carboxylic acids is 2. The summed E-state index contributed by atoms with van der Waals surface area (Å²) in [6.45, 7) is 2.78. The standard InChI is InChI=1S/C26H30N4O3S/c1-2-33-21-12-10-19(11-13-21)24(25(31)29-20-7-4-3-5-8-20)30(18-22-9-6-16-34-22)26(32)23-17-27-14-15-28-23/h6,9-17,20,24H,2-5,7-8,18H2,1H3,(H,29,31)/t24-/m0/s1. The third-order valence-electron chi connectivity index (χ3n) is 5.97. The van der Waals surface area contributed by atoms with E-state index >= 15 is 0 Å². The molecule has 34 heavy (non-hydrogen) atoms. The van der Waals surface area contributed by atoms with E-state index in [1.165, 1.54) is 25.0 Å². The first-order valence-corrected chi connectivity index (χ1v) is 12.7. The zero-order chi connectivity index (χ0) is 23.8. The molecule has 0 aliphatic heterocycles. The molecule has 0 spiro atoms. The molecule has 1 atom stereocenters. The maximum Gasteiger partial charge on any atom is 0.275 e. The first-order valence-electron chi connectivity index (χ1n) is 11.8. The van der Waals surface area contributed by atoms with Gasteiger partial charge in [-0.15, -0.1) is 11.3 Å². The van der Waals surface area contributed by atoms with E-state index in [4.69, 9.17) is 4.74 Å². The van der Waals surface area contributed by atoms with E-state index in [0.29, 0.717) is 13.2 Å². The second-order valence-corrected chi connectivity index (χ2v) is 9.38. The molecule has 8 heteroatoms. The summed E-state index contributed by atoms with van der Waals surface area (Å²) in [5.41, 5.74) is 0.936. The minimum absolute atomic E-state index is 0.127. The van der Waals surface area contributed by atoms with Crippen LogP contribution in [0.2, 0.25) is 0 Å². The second-order valence-electron chi connectivity index (χ2n) is 8.35. The van der Waals surface area contributed by atoms with Gasteiger partial charge < -0.3 is 15.0 Å². The fourth-order valence-corrected chi connectivity index (χ4v) is 5.02. The molecule has 2 heterocycles. The highest BCUT2D eigenvalue weighted by molar-refractivity contribution is 7.09. The summed E-state index contributed by atoms with van der Waals surface area (Å²) < 4.78 is 5.59. The van der Waals surface area contributed by atoms with Crippen LogP contribution in [0.5, 0.6) is 5.75 Å². The van der Waals surface area contributed by atoms with Crippen LogP contribution in [0.25, 0.3) is 0 Å². The molecule has 2 amide bonds. The molecule has 1 aliphatic rings. The third-order valence-corrected chi connectivity index (χ3v) is 6.83. The van der Waals surface area contributed by atoms with Gasteiger partial charge in [0.25, 0.3) is 5.91 Å². The molecule has 1 aromatic carbocycles. The van der Waals surface area contributed by atoms with E-state index in [-0.39, 0.29) is 23.6 Å². The number of hydrogen-bond donors (Lipinski definition) is 1. The van der Waals surface area contributed by atoms with Crippen LogP contribution in [0.1, 0.15) is 66.0 Å². The molecule has 4 rings (SSSR count). The van der Waals surface area contributed by atoms with Crippen LogP contribution >= 0.6 is 11.3 Å². The van der Waals surface area contributed by atoms with E-state index in [1.807, 2.05) is 48.7 Å². The zero-order valence-corrected chi connectivity index (χ0v) is 20.2. The van der Waals surface area contributed by atoms with E-state index in [0.717, 1.165) is 41.9 Å². The van der Waals surface area contributed by atoms with Crippen molar-refractivity contribution in [3.8, 4) is 5.75 Å². The van der Waals surface area contributed by atoms with Crippen molar-refractivity contribution in [3.05, 3.63) is 76.5 Å². The molecule has 178 valence electrons. The number of nitrogens with zero attached hydrogens (tertiary/aromatic N) is 3. The SMILES string of the molecule is CCOc1ccc([C@@H](C(=O)NC2CCCCC2)N(Cc2cccs2)C(=O)c2cnccn2)cc1. The Kier molecular flexibility index (Phi) is 8.25. The number of ether oxygens (including phenoxy) is 1. The van der Waals surface area contributed by atoms with Crippen LogP contribution < -0.4 is 10.1 Å². The molecule has 1 N–H and O–H groups in total. The third kappa shape index (κ3) is 5.99. The van der Waals surface area contributed by atoms with Gasteiger partial charge in [0.1, 0.15) is 17.5 Å². The summed E-state index contributed by atoms with van der Waals surface area (Å²) in [5, 5.41) is 5.19. The van der Waals surface area contributed by atoms with Crippen LogP contribution in [-0.4, -0.2) is 39.3 Å². The van der Waals surface area contributed by atoms with Gasteiger partial charge >= 0.3 is 0 Å². The number of carbonyl (C=O) groups is 2. The number of amides is 2. The Morgan fingerprint density at radius 3 is 2.59 bits per heavy atom. The molecule has 3 aromatic rings. The Morgan fingerprint density at radius 1 is 1.15 bits per heavy atom. The van der Waals surface area contributed by atoms with Gasteiger partial charge in [0.15, 0.2) is 0 Å². The smallest absolute Gasteiger partial charge is 0.275 e. The van der Waals surface area contributed by atoms with E-state index < -0.39 is 6.04 Å². The molecule has 1 saturated carbocycles. The van der Waals surface area contributed by atoms with Crippen molar-refractivity contribution in [1.82, 2.24) is 20.2 Å². The van der Waals surface area contributed by atoms with Gasteiger partial charge in [-0.2, -0.15) is 0 Å². The summed E-state index contributed by atoms with van der Waals surface area (Å²) in [7, 11) is 0. The highest BCUT2D eigenvalue weighted by atomic mass is 32.1. The lowest BCUT2D eigenvalue weighted by Gasteiger charge is -2.33. The van der Waals surface area contributed by atoms with Gasteiger partial charge in [-0.05, 0) is 48.9 Å². The lowest BCUT2D eigenvalue weighted by molar-refractivity contribution is -0.127. The quantitative estimate of drug-likeness (QED) is 0.479. The maximum absolute atomic E-state index is 13.8. The molecule has 0 radical (unpaired) electrons. The number of benzene rings is 1. The van der Waals surface area contributed by atoms with E-state index in [2.05, 4.69) is 15.3 Å². The largest absolute Gasteiger partial charge is 0.494 e. The van der Waals surface area contributed by atoms with E-state index in [9.17, 15) is 9.59 Å². The lowest BCUT2D eigenvalue weighted by Crippen LogP contribution is -2.47. The van der Waals surface area contributed by atoms with Crippen molar-refractivity contribution in [3.63, 3.8) is 0 Å². The Hall–Kier alpha value is -3.26. The normalized spacial score (nSPS) is 14.9. The first-order chi connectivity index (χ1) is 16.7. The van der Waals surface area contributed by atoms with Crippen molar-refractivity contribution >= 4 is 23.2 Å². The molecular formula is C26H30N4O3S. The minimum atomic E-state index is -0.811. The van der Waals surface area contributed by atoms with Crippen LogP contribution in [0, 0.1) is 0 Å². The molecule has 0 saturated heterocycles. The average Bonchev–Trinajstić information content (AvgIpc) is 3.39. The molecule has 7 nitrogen and oxygen atoms in total. The van der Waals surface area contributed by atoms with Crippen molar-refractivity contribution in [2.24, 2.45) is 0 Å². The van der Waals surface area contributed by atoms with Crippen LogP contribution in [0.4, 0.5) is 0 Å². The van der Waals surface area contributed by atoms with Crippen LogP contribution in [-0.2, 0) is 11.3 Å². The van der Waals surface area contributed by atoms with Crippen molar-refractivity contribution in [2.45, 2.75) is 57.7 Å². The molecule has 1 aliphatic carbocycles. The topological polar surface area (TPSA) is 84.4 Å². The number of rotatable bonds is 9. The summed E-state index contributed by atoms with van der Waals surface area (Å²) in [5.74, 6) is 0.215. The maximum atomic E-state index is 13.8. The minimum Gasteiger partial charge on any atom is -0.494 e. The molecule has 2 aromatic heterocycles. The highest BCUT2D eigenvalue weighted by Gasteiger charge is 2.34. The number of thiophene rings is 1. The van der Waals surface area contributed by atoms with Gasteiger partial charge in [0.2, 0.25) is 5.91 Å². The fraction of sp³-hybridized carbons (Fsp3) is 0.385. The lowest BCUT2D eigenvalue weighted by atomic mass is 9.94. The summed E-state index contributed by atoms with van der Waals surface area (Å²) in [4.78, 5) is 38.3. The number of nitrogens with one attached hydrogen (secondary N) is 1. The number of aromatic nitrogens is 2. The first kappa shape index (κ1) is 23.9. The van der Waals surface area contributed by atoms with E-state index in [1.54, 1.807) is 16.2 Å². The summed E-state index contributed by atoms with van der Waals surface area (Å²) >= 11 is 1.55. The van der Waals surface area contributed by atoms with Crippen molar-refractivity contribution in [2.75, 3.05) is 6.61 Å². The Balaban J connectivity index is 1.71. The Bertz CT molecular complexity index is 1050. The van der Waals surface area contributed by atoms with Gasteiger partial charge in [0, 0.05) is 23.3 Å². The van der Waals surface area contributed by atoms with Crippen molar-refractivity contribution in [1.29, 1.82) is 0 Å². The summed E-state index contributed by atoms with van der Waals surface area (Å²) in [6.07, 6.45) is 9.80. The molecule has 0 unspecified atom stereocenters. The monoisotopic (exact) mass is 478 g/mol. The Labute approximate surface area is 204 Å². The Morgan fingerprint density at radius 2 is 1.94 bits per heavy atom. The van der Waals surface area contributed by atoms with Gasteiger partial charge in [-0.3, -0.25) is 14.6 Å². The number of hydrogen-bond acceptors (Lipinski definition) is 6. The molecular weight excluding hydrogens is 448 g/mol. The van der Waals surface area contributed by atoms with Gasteiger partial charge in [-0.1, -0.05) is 37.5 Å². The predicted molar refractivity (Wildman–Crippen MR) is 132 cm³/mol. The van der Waals surface area contributed by atoms with Crippen molar-refractivity contribution < 1.29 is 14.3 Å². The van der Waals surface area contributed by atoms with Gasteiger partial charge in [0.05, 0.1) is 19.3 Å². The van der Waals surface area contributed by atoms with Crippen LogP contribution in [0.3, 0.4) is 0 Å². The zero-order valence-electron chi connectivity index (χ0n) is 19.4. The van der Waals surface area contributed by atoms with Crippen LogP contribution in [0.15, 0.2) is 60.4 Å². The fourth-order valence-electron chi connectivity index (χ4n) is 4.32.